The van der Waals surface area contributed by atoms with E-state index in [1.807, 2.05) is 18.2 Å². The van der Waals surface area contributed by atoms with Crippen molar-refractivity contribution < 1.29 is 0 Å². The van der Waals surface area contributed by atoms with Gasteiger partial charge in [-0.15, -0.1) is 0 Å². The molecular weight excluding hydrogens is 208 g/mol. The molecule has 82 valence electrons. The number of rotatable bonds is 3. The van der Waals surface area contributed by atoms with Gasteiger partial charge in [0.2, 0.25) is 0 Å². The van der Waals surface area contributed by atoms with Crippen molar-refractivity contribution in [3.05, 3.63) is 23.2 Å². The molecule has 2 nitrogen and oxygen atoms in total. The number of hydrogen-bond donors (Lipinski definition) is 2. The van der Waals surface area contributed by atoms with E-state index in [1.54, 1.807) is 0 Å². The van der Waals surface area contributed by atoms with Gasteiger partial charge in [0.05, 0.1) is 16.4 Å². The number of nitrogen functional groups attached to an aromatic ring is 1. The molecule has 15 heavy (non-hydrogen) atoms. The average Bonchev–Trinajstić information content (AvgIpc) is 2.94. The number of halogens is 1. The molecule has 1 aromatic rings. The number of hydrogen-bond acceptors (Lipinski definition) is 2. The molecule has 0 bridgehead atoms. The molecule has 0 unspecified atom stereocenters. The molecule has 2 rings (SSSR count). The smallest absolute Gasteiger partial charge is 0.0767 e. The molecular formula is C12H17ClN2. The van der Waals surface area contributed by atoms with Crippen LogP contribution in [-0.2, 0) is 0 Å². The first-order valence-electron chi connectivity index (χ1n) is 5.33. The van der Waals surface area contributed by atoms with Crippen LogP contribution in [0.15, 0.2) is 18.2 Å². The Kier molecular flexibility index (Phi) is 2.55. The molecule has 0 spiro atoms. The van der Waals surface area contributed by atoms with E-state index < -0.39 is 0 Å². The van der Waals surface area contributed by atoms with Crippen LogP contribution in [0.25, 0.3) is 0 Å². The highest BCUT2D eigenvalue weighted by molar-refractivity contribution is 6.33. The summed E-state index contributed by atoms with van der Waals surface area (Å²) in [6, 6.07) is 5.60. The fourth-order valence-electron chi connectivity index (χ4n) is 1.90. The summed E-state index contributed by atoms with van der Waals surface area (Å²) in [4.78, 5) is 0. The second-order valence-electron chi connectivity index (χ2n) is 4.83. The van der Waals surface area contributed by atoms with Crippen LogP contribution in [0, 0.1) is 5.92 Å². The molecule has 1 aromatic carbocycles. The van der Waals surface area contributed by atoms with Crippen molar-refractivity contribution in [3.8, 4) is 0 Å². The van der Waals surface area contributed by atoms with Gasteiger partial charge in [-0.05, 0) is 44.7 Å². The van der Waals surface area contributed by atoms with Gasteiger partial charge in [-0.3, -0.25) is 0 Å². The lowest BCUT2D eigenvalue weighted by molar-refractivity contribution is 0.495. The summed E-state index contributed by atoms with van der Waals surface area (Å²) < 4.78 is 0. The minimum absolute atomic E-state index is 0.0825. The SMILES string of the molecule is CC(C)(Nc1c(N)cccc1Cl)C1CC1. The van der Waals surface area contributed by atoms with Gasteiger partial charge >= 0.3 is 0 Å². The van der Waals surface area contributed by atoms with Gasteiger partial charge in [-0.2, -0.15) is 0 Å². The van der Waals surface area contributed by atoms with E-state index in [0.29, 0.717) is 5.02 Å². The molecule has 0 aliphatic heterocycles. The number of para-hydroxylation sites is 1. The summed E-state index contributed by atoms with van der Waals surface area (Å²) in [5, 5.41) is 4.16. The number of nitrogens with two attached hydrogens (primary N) is 1. The zero-order valence-corrected chi connectivity index (χ0v) is 9.93. The maximum atomic E-state index is 6.12. The first-order chi connectivity index (χ1) is 7.00. The van der Waals surface area contributed by atoms with Crippen molar-refractivity contribution in [2.45, 2.75) is 32.2 Å². The Morgan fingerprint density at radius 3 is 2.60 bits per heavy atom. The van der Waals surface area contributed by atoms with Crippen molar-refractivity contribution in [1.82, 2.24) is 0 Å². The van der Waals surface area contributed by atoms with Crippen LogP contribution in [0.2, 0.25) is 5.02 Å². The third-order valence-corrected chi connectivity index (χ3v) is 3.41. The predicted octanol–water partition coefficient (Wildman–Crippen LogP) is 3.52. The van der Waals surface area contributed by atoms with Crippen LogP contribution in [0.1, 0.15) is 26.7 Å². The van der Waals surface area contributed by atoms with E-state index >= 15 is 0 Å². The number of anilines is 2. The molecule has 1 aliphatic carbocycles. The molecule has 0 amide bonds. The van der Waals surface area contributed by atoms with Crippen molar-refractivity contribution in [1.29, 1.82) is 0 Å². The highest BCUT2D eigenvalue weighted by Crippen LogP contribution is 2.42. The normalized spacial score (nSPS) is 16.5. The van der Waals surface area contributed by atoms with Gasteiger partial charge in [-0.1, -0.05) is 17.7 Å². The molecule has 0 heterocycles. The van der Waals surface area contributed by atoms with Crippen molar-refractivity contribution >= 4 is 23.0 Å². The Labute approximate surface area is 95.8 Å². The van der Waals surface area contributed by atoms with Gasteiger partial charge in [-0.25, -0.2) is 0 Å². The zero-order chi connectivity index (χ0) is 11.1. The van der Waals surface area contributed by atoms with Crippen molar-refractivity contribution in [2.24, 2.45) is 5.92 Å². The van der Waals surface area contributed by atoms with Crippen LogP contribution in [0.5, 0.6) is 0 Å². The first kappa shape index (κ1) is 10.6. The summed E-state index contributed by atoms with van der Waals surface area (Å²) in [5.74, 6) is 0.744. The second-order valence-corrected chi connectivity index (χ2v) is 5.23. The van der Waals surface area contributed by atoms with Gasteiger partial charge < -0.3 is 11.1 Å². The van der Waals surface area contributed by atoms with Crippen molar-refractivity contribution in [2.75, 3.05) is 11.1 Å². The maximum Gasteiger partial charge on any atom is 0.0767 e. The molecule has 1 aliphatic rings. The summed E-state index contributed by atoms with van der Waals surface area (Å²) >= 11 is 6.12. The Morgan fingerprint density at radius 1 is 1.40 bits per heavy atom. The van der Waals surface area contributed by atoms with E-state index in [9.17, 15) is 0 Å². The second kappa shape index (κ2) is 3.60. The molecule has 1 saturated carbocycles. The third kappa shape index (κ3) is 2.20. The summed E-state index contributed by atoms with van der Waals surface area (Å²) in [6.07, 6.45) is 2.59. The van der Waals surface area contributed by atoms with Crippen LogP contribution < -0.4 is 11.1 Å². The highest BCUT2D eigenvalue weighted by Gasteiger charge is 2.38. The van der Waals surface area contributed by atoms with Crippen LogP contribution in [-0.4, -0.2) is 5.54 Å². The Hall–Kier alpha value is -0.890. The predicted molar refractivity (Wildman–Crippen MR) is 66.3 cm³/mol. The van der Waals surface area contributed by atoms with Gasteiger partial charge in [0, 0.05) is 5.54 Å². The maximum absolute atomic E-state index is 6.12. The highest BCUT2D eigenvalue weighted by atomic mass is 35.5. The van der Waals surface area contributed by atoms with E-state index in [0.717, 1.165) is 17.3 Å². The molecule has 0 radical (unpaired) electrons. The number of benzene rings is 1. The lowest BCUT2D eigenvalue weighted by Gasteiger charge is -2.28. The monoisotopic (exact) mass is 224 g/mol. The molecule has 3 N–H and O–H groups in total. The largest absolute Gasteiger partial charge is 0.397 e. The minimum atomic E-state index is 0.0825. The van der Waals surface area contributed by atoms with E-state index in [2.05, 4.69) is 19.2 Å². The molecule has 0 atom stereocenters. The van der Waals surface area contributed by atoms with Crippen LogP contribution >= 0.6 is 11.6 Å². The quantitative estimate of drug-likeness (QED) is 0.771. The summed E-state index contributed by atoms with van der Waals surface area (Å²) in [5.41, 5.74) is 7.57. The molecule has 0 saturated heterocycles. The molecule has 1 fully saturated rings. The fraction of sp³-hybridized carbons (Fsp3) is 0.500. The van der Waals surface area contributed by atoms with Crippen molar-refractivity contribution in [3.63, 3.8) is 0 Å². The van der Waals surface area contributed by atoms with E-state index in [1.165, 1.54) is 12.8 Å². The van der Waals surface area contributed by atoms with Gasteiger partial charge in [0.25, 0.3) is 0 Å². The van der Waals surface area contributed by atoms with E-state index in [-0.39, 0.29) is 5.54 Å². The van der Waals surface area contributed by atoms with Crippen LogP contribution in [0.3, 0.4) is 0 Å². The van der Waals surface area contributed by atoms with Gasteiger partial charge in [0.15, 0.2) is 0 Å². The average molecular weight is 225 g/mol. The molecule has 3 heteroatoms. The first-order valence-corrected chi connectivity index (χ1v) is 5.70. The minimum Gasteiger partial charge on any atom is -0.397 e. The lowest BCUT2D eigenvalue weighted by atomic mass is 9.98. The van der Waals surface area contributed by atoms with E-state index in [4.69, 9.17) is 17.3 Å². The Bertz CT molecular complexity index is 350. The third-order valence-electron chi connectivity index (χ3n) is 3.09. The Balaban J connectivity index is 2.23. The lowest BCUT2D eigenvalue weighted by Crippen LogP contribution is -2.33. The summed E-state index contributed by atoms with van der Waals surface area (Å²) in [7, 11) is 0. The fourth-order valence-corrected chi connectivity index (χ4v) is 2.13. The standard InChI is InChI=1S/C12H17ClN2/c1-12(2,8-6-7-8)15-11-9(13)4-3-5-10(11)14/h3-5,8,15H,6-7,14H2,1-2H3. The number of nitrogens with one attached hydrogen (secondary N) is 1. The topological polar surface area (TPSA) is 38.0 Å². The zero-order valence-electron chi connectivity index (χ0n) is 9.18. The molecule has 0 aromatic heterocycles. The Morgan fingerprint density at radius 2 is 2.07 bits per heavy atom. The van der Waals surface area contributed by atoms with Gasteiger partial charge in [0.1, 0.15) is 0 Å². The summed E-state index contributed by atoms with van der Waals surface area (Å²) in [6.45, 7) is 4.40. The van der Waals surface area contributed by atoms with Crippen LogP contribution in [0.4, 0.5) is 11.4 Å².